The van der Waals surface area contributed by atoms with Gasteiger partial charge in [-0.2, -0.15) is 4.99 Å². The van der Waals surface area contributed by atoms with Crippen molar-refractivity contribution in [2.45, 2.75) is 51.4 Å². The number of amidine groups is 1. The summed E-state index contributed by atoms with van der Waals surface area (Å²) in [5, 5.41) is 0. The lowest BCUT2D eigenvalue weighted by molar-refractivity contribution is -0.889. The fraction of sp³-hybridized carbons (Fsp3) is 0.714. The fourth-order valence-electron chi connectivity index (χ4n) is 2.29. The first-order chi connectivity index (χ1) is 8.99. The Balaban J connectivity index is 2.54. The predicted molar refractivity (Wildman–Crippen MR) is 76.4 cm³/mol. The van der Waals surface area contributed by atoms with E-state index < -0.39 is 0 Å². The SMILES string of the molecule is CCCCC1CCC([N+](C)(C)/C=C\C(N)=NC=O)O1. The molecule has 1 aliphatic rings. The van der Waals surface area contributed by atoms with E-state index in [2.05, 4.69) is 26.0 Å². The Morgan fingerprint density at radius 1 is 1.47 bits per heavy atom. The minimum atomic E-state index is 0.155. The van der Waals surface area contributed by atoms with Crippen molar-refractivity contribution in [1.29, 1.82) is 0 Å². The van der Waals surface area contributed by atoms with Gasteiger partial charge in [0.15, 0.2) is 6.23 Å². The summed E-state index contributed by atoms with van der Waals surface area (Å²) in [6.07, 6.45) is 10.3. The lowest BCUT2D eigenvalue weighted by atomic mass is 10.1. The first-order valence-electron chi connectivity index (χ1n) is 6.94. The summed E-state index contributed by atoms with van der Waals surface area (Å²) in [7, 11) is 4.13. The molecule has 1 fully saturated rings. The van der Waals surface area contributed by atoms with Gasteiger partial charge in [0.05, 0.1) is 20.2 Å². The summed E-state index contributed by atoms with van der Waals surface area (Å²) in [4.78, 5) is 13.7. The molecule has 108 valence electrons. The molecule has 1 aliphatic heterocycles. The zero-order chi connectivity index (χ0) is 14.3. The topological polar surface area (TPSA) is 64.7 Å². The second-order valence-electron chi connectivity index (χ2n) is 5.54. The van der Waals surface area contributed by atoms with Gasteiger partial charge < -0.3 is 10.5 Å². The third kappa shape index (κ3) is 5.12. The van der Waals surface area contributed by atoms with E-state index in [1.165, 1.54) is 12.8 Å². The largest absolute Gasteiger partial charge is 0.383 e. The minimum Gasteiger partial charge on any atom is -0.383 e. The summed E-state index contributed by atoms with van der Waals surface area (Å²) < 4.78 is 6.69. The van der Waals surface area contributed by atoms with E-state index >= 15 is 0 Å². The van der Waals surface area contributed by atoms with Gasteiger partial charge in [0.1, 0.15) is 12.0 Å². The molecule has 0 aliphatic carbocycles. The lowest BCUT2D eigenvalue weighted by Crippen LogP contribution is -2.44. The van der Waals surface area contributed by atoms with E-state index in [1.807, 2.05) is 6.20 Å². The van der Waals surface area contributed by atoms with Crippen LogP contribution >= 0.6 is 0 Å². The van der Waals surface area contributed by atoms with E-state index in [4.69, 9.17) is 10.5 Å². The monoisotopic (exact) mass is 268 g/mol. The Bertz CT molecular complexity index is 351. The van der Waals surface area contributed by atoms with Gasteiger partial charge in [-0.25, -0.2) is 0 Å². The van der Waals surface area contributed by atoms with E-state index in [0.717, 1.165) is 19.3 Å². The van der Waals surface area contributed by atoms with Crippen LogP contribution in [0.2, 0.25) is 0 Å². The second-order valence-corrected chi connectivity index (χ2v) is 5.54. The molecule has 0 saturated carbocycles. The number of unbranched alkanes of at least 4 members (excludes halogenated alkanes) is 1. The maximum absolute atomic E-state index is 10.2. The summed E-state index contributed by atoms with van der Waals surface area (Å²) in [6.45, 7) is 2.20. The van der Waals surface area contributed by atoms with Crippen LogP contribution in [0.4, 0.5) is 0 Å². The zero-order valence-corrected chi connectivity index (χ0v) is 12.2. The Hall–Kier alpha value is -1.20. The number of amides is 1. The number of ether oxygens (including phenoxy) is 1. The lowest BCUT2D eigenvalue weighted by Gasteiger charge is -2.31. The third-order valence-corrected chi connectivity index (χ3v) is 3.54. The normalized spacial score (nSPS) is 25.1. The predicted octanol–water partition coefficient (Wildman–Crippen LogP) is 1.79. The average Bonchev–Trinajstić information content (AvgIpc) is 2.84. The molecule has 0 spiro atoms. The smallest absolute Gasteiger partial charge is 0.234 e. The maximum atomic E-state index is 10.2. The number of nitrogens with zero attached hydrogens (tertiary/aromatic N) is 2. The van der Waals surface area contributed by atoms with Crippen molar-refractivity contribution in [3.8, 4) is 0 Å². The Morgan fingerprint density at radius 3 is 2.84 bits per heavy atom. The maximum Gasteiger partial charge on any atom is 0.234 e. The highest BCUT2D eigenvalue weighted by Crippen LogP contribution is 2.28. The molecule has 2 unspecified atom stereocenters. The molecule has 5 nitrogen and oxygen atoms in total. The van der Waals surface area contributed by atoms with Crippen LogP contribution in [0.15, 0.2) is 17.3 Å². The van der Waals surface area contributed by atoms with Crippen molar-refractivity contribution in [3.05, 3.63) is 12.3 Å². The van der Waals surface area contributed by atoms with Crippen LogP contribution in [0.1, 0.15) is 39.0 Å². The van der Waals surface area contributed by atoms with Crippen LogP contribution in [-0.4, -0.2) is 43.2 Å². The van der Waals surface area contributed by atoms with Crippen LogP contribution in [0, 0.1) is 0 Å². The number of carbonyl (C=O) groups excluding carboxylic acids is 1. The molecule has 19 heavy (non-hydrogen) atoms. The van der Waals surface area contributed by atoms with Gasteiger partial charge in [-0.15, -0.1) is 0 Å². The van der Waals surface area contributed by atoms with Gasteiger partial charge in [0.25, 0.3) is 0 Å². The first kappa shape index (κ1) is 15.9. The van der Waals surface area contributed by atoms with E-state index in [1.54, 1.807) is 6.08 Å². The van der Waals surface area contributed by atoms with Crippen molar-refractivity contribution in [2.24, 2.45) is 10.7 Å². The molecular weight excluding hydrogens is 242 g/mol. The fourth-order valence-corrected chi connectivity index (χ4v) is 2.29. The van der Waals surface area contributed by atoms with Crippen molar-refractivity contribution in [2.75, 3.05) is 14.1 Å². The molecule has 0 aromatic rings. The molecule has 0 bridgehead atoms. The van der Waals surface area contributed by atoms with E-state index in [0.29, 0.717) is 17.0 Å². The number of quaternary nitrogens is 1. The van der Waals surface area contributed by atoms with Gasteiger partial charge >= 0.3 is 0 Å². The third-order valence-electron chi connectivity index (χ3n) is 3.54. The quantitative estimate of drug-likeness (QED) is 0.331. The molecule has 5 heteroatoms. The molecule has 0 radical (unpaired) electrons. The van der Waals surface area contributed by atoms with Gasteiger partial charge in [-0.1, -0.05) is 19.8 Å². The molecule has 1 heterocycles. The number of rotatable bonds is 7. The zero-order valence-electron chi connectivity index (χ0n) is 12.2. The number of aliphatic imine (C=N–C) groups is 1. The number of hydrogen-bond donors (Lipinski definition) is 1. The molecule has 0 aromatic carbocycles. The van der Waals surface area contributed by atoms with Crippen LogP contribution in [0.3, 0.4) is 0 Å². The summed E-state index contributed by atoms with van der Waals surface area (Å²) in [5.74, 6) is 0.224. The highest BCUT2D eigenvalue weighted by atomic mass is 16.5. The van der Waals surface area contributed by atoms with Crippen LogP contribution in [-0.2, 0) is 9.53 Å². The van der Waals surface area contributed by atoms with Crippen molar-refractivity contribution in [1.82, 2.24) is 0 Å². The standard InChI is InChI=1S/C14H25N3O2/c1-4-5-6-12-7-8-14(19-12)17(2,3)10-9-13(15)16-11-18/h9-12,14H,4-8H2,1-3H3,(H-,15,16,18)/p+1/b10-9-. The molecule has 1 rings (SSSR count). The number of carbonyl (C=O) groups is 1. The molecule has 2 atom stereocenters. The molecular formula is C14H26N3O2+. The van der Waals surface area contributed by atoms with Crippen molar-refractivity contribution >= 4 is 12.2 Å². The number of nitrogens with two attached hydrogens (primary N) is 1. The molecule has 1 saturated heterocycles. The highest BCUT2D eigenvalue weighted by molar-refractivity contribution is 5.95. The average molecular weight is 268 g/mol. The molecule has 0 aromatic heterocycles. The van der Waals surface area contributed by atoms with Crippen LogP contribution in [0.5, 0.6) is 0 Å². The summed E-state index contributed by atoms with van der Waals surface area (Å²) in [6, 6.07) is 0. The Morgan fingerprint density at radius 2 is 2.21 bits per heavy atom. The van der Waals surface area contributed by atoms with E-state index in [-0.39, 0.29) is 12.1 Å². The summed E-state index contributed by atoms with van der Waals surface area (Å²) in [5.41, 5.74) is 5.56. The Kier molecular flexibility index (Phi) is 6.18. The number of hydrogen-bond acceptors (Lipinski definition) is 2. The van der Waals surface area contributed by atoms with E-state index in [9.17, 15) is 4.79 Å². The van der Waals surface area contributed by atoms with Gasteiger partial charge in [0, 0.05) is 12.5 Å². The second kappa shape index (κ2) is 7.40. The van der Waals surface area contributed by atoms with Crippen LogP contribution in [0.25, 0.3) is 0 Å². The van der Waals surface area contributed by atoms with Crippen molar-refractivity contribution < 1.29 is 14.0 Å². The van der Waals surface area contributed by atoms with Gasteiger partial charge in [-0.05, 0) is 12.8 Å². The molecule has 1 amide bonds. The van der Waals surface area contributed by atoms with Gasteiger partial charge in [-0.3, -0.25) is 9.28 Å². The molecule has 2 N–H and O–H groups in total. The summed E-state index contributed by atoms with van der Waals surface area (Å²) >= 11 is 0. The first-order valence-corrected chi connectivity index (χ1v) is 6.94. The Labute approximate surface area is 115 Å². The minimum absolute atomic E-state index is 0.155. The highest BCUT2D eigenvalue weighted by Gasteiger charge is 2.35. The van der Waals surface area contributed by atoms with Crippen LogP contribution < -0.4 is 5.73 Å². The van der Waals surface area contributed by atoms with Crippen molar-refractivity contribution in [3.63, 3.8) is 0 Å². The van der Waals surface area contributed by atoms with Gasteiger partial charge in [0.2, 0.25) is 6.41 Å².